The minimum atomic E-state index is -4.29. The number of benzene rings is 1. The van der Waals surface area contributed by atoms with Gasteiger partial charge >= 0.3 is 6.18 Å². The van der Waals surface area contributed by atoms with Gasteiger partial charge in [-0.2, -0.15) is 13.2 Å². The van der Waals surface area contributed by atoms with Gasteiger partial charge in [-0.1, -0.05) is 6.07 Å². The number of nitrogens with two attached hydrogens (primary N) is 1. The van der Waals surface area contributed by atoms with Crippen LogP contribution in [0.25, 0.3) is 10.9 Å². The molecule has 1 atom stereocenters. The monoisotopic (exact) mass is 268 g/mol. The van der Waals surface area contributed by atoms with Crippen LogP contribution in [0.2, 0.25) is 0 Å². The average Bonchev–Trinajstić information content (AvgIpc) is 2.75. The first kappa shape index (κ1) is 12.5. The molecule has 1 aliphatic rings. The van der Waals surface area contributed by atoms with Gasteiger partial charge in [0.05, 0.1) is 5.56 Å². The van der Waals surface area contributed by atoms with E-state index in [4.69, 9.17) is 5.73 Å². The van der Waals surface area contributed by atoms with Crippen LogP contribution in [0.3, 0.4) is 0 Å². The summed E-state index contributed by atoms with van der Waals surface area (Å²) in [6.45, 7) is 1.32. The van der Waals surface area contributed by atoms with E-state index in [9.17, 15) is 13.2 Å². The Bertz CT molecular complexity index is 613. The summed E-state index contributed by atoms with van der Waals surface area (Å²) in [7, 11) is 0. The van der Waals surface area contributed by atoms with Gasteiger partial charge in [0.25, 0.3) is 0 Å². The molecule has 3 rings (SSSR count). The lowest BCUT2D eigenvalue weighted by atomic mass is 9.96. The number of hydrogen-bond acceptors (Lipinski definition) is 1. The van der Waals surface area contributed by atoms with E-state index >= 15 is 0 Å². The number of aromatic nitrogens is 1. The first-order chi connectivity index (χ1) is 9.00. The molecule has 1 aromatic carbocycles. The van der Waals surface area contributed by atoms with E-state index < -0.39 is 11.7 Å². The second kappa shape index (κ2) is 4.27. The molecule has 0 bridgehead atoms. The molecule has 0 radical (unpaired) electrons. The van der Waals surface area contributed by atoms with Gasteiger partial charge in [-0.05, 0) is 36.4 Å². The topological polar surface area (TPSA) is 30.9 Å². The van der Waals surface area contributed by atoms with Crippen molar-refractivity contribution in [2.75, 3.05) is 6.54 Å². The molecular weight excluding hydrogens is 253 g/mol. The Balaban J connectivity index is 2.18. The molecule has 102 valence electrons. The van der Waals surface area contributed by atoms with Crippen molar-refractivity contribution in [2.24, 2.45) is 5.73 Å². The fourth-order valence-electron chi connectivity index (χ4n) is 2.92. The number of alkyl halides is 3. The van der Waals surface area contributed by atoms with Crippen molar-refractivity contribution in [1.29, 1.82) is 0 Å². The second-order valence-corrected chi connectivity index (χ2v) is 5.07. The van der Waals surface area contributed by atoms with Crippen LogP contribution in [0, 0.1) is 0 Å². The molecule has 0 saturated carbocycles. The molecule has 2 N–H and O–H groups in total. The Morgan fingerprint density at radius 2 is 2.05 bits per heavy atom. The summed E-state index contributed by atoms with van der Waals surface area (Å²) in [6, 6.07) is 5.92. The zero-order chi connectivity index (χ0) is 13.6. The Morgan fingerprint density at radius 3 is 2.74 bits per heavy atom. The molecule has 1 aliphatic heterocycles. The number of aryl methyl sites for hydroxylation is 1. The maximum atomic E-state index is 12.8. The molecule has 19 heavy (non-hydrogen) atoms. The first-order valence-corrected chi connectivity index (χ1v) is 6.41. The van der Waals surface area contributed by atoms with E-state index in [1.165, 1.54) is 6.07 Å². The van der Waals surface area contributed by atoms with Crippen LogP contribution in [0.4, 0.5) is 13.2 Å². The summed E-state index contributed by atoms with van der Waals surface area (Å²) in [6.07, 6.45) is -2.31. The van der Waals surface area contributed by atoms with Crippen LogP contribution in [0.1, 0.15) is 30.0 Å². The molecule has 5 heteroatoms. The number of hydrogen-bond donors (Lipinski definition) is 1. The van der Waals surface area contributed by atoms with Gasteiger partial charge in [0.2, 0.25) is 0 Å². The predicted octanol–water partition coefficient (Wildman–Crippen LogP) is 3.50. The van der Waals surface area contributed by atoms with Crippen molar-refractivity contribution in [3.8, 4) is 0 Å². The van der Waals surface area contributed by atoms with E-state index in [1.807, 2.05) is 10.6 Å². The van der Waals surface area contributed by atoms with Crippen LogP contribution < -0.4 is 5.73 Å². The molecule has 0 aliphatic carbocycles. The number of halogens is 3. The molecule has 0 saturated heterocycles. The third kappa shape index (κ3) is 2.02. The van der Waals surface area contributed by atoms with Crippen molar-refractivity contribution in [3.05, 3.63) is 35.5 Å². The Hall–Kier alpha value is -1.49. The highest BCUT2D eigenvalue weighted by atomic mass is 19.4. The highest BCUT2D eigenvalue weighted by Crippen LogP contribution is 2.36. The van der Waals surface area contributed by atoms with Gasteiger partial charge in [0, 0.05) is 30.2 Å². The van der Waals surface area contributed by atoms with Gasteiger partial charge in [0.15, 0.2) is 0 Å². The first-order valence-electron chi connectivity index (χ1n) is 6.41. The molecule has 0 fully saturated rings. The van der Waals surface area contributed by atoms with Crippen LogP contribution in [0.15, 0.2) is 24.3 Å². The zero-order valence-corrected chi connectivity index (χ0v) is 10.4. The standard InChI is InChI=1S/C14H15F3N2/c15-14(16,17)11-4-3-9-6-12-10(8-18)2-1-5-19(12)13(9)7-11/h3-4,6-7,10H,1-2,5,8,18H2. The van der Waals surface area contributed by atoms with Crippen LogP contribution in [-0.2, 0) is 12.7 Å². The molecule has 1 aromatic heterocycles. The fourth-order valence-corrected chi connectivity index (χ4v) is 2.92. The van der Waals surface area contributed by atoms with E-state index in [1.54, 1.807) is 6.07 Å². The van der Waals surface area contributed by atoms with Crippen molar-refractivity contribution in [2.45, 2.75) is 31.5 Å². The third-order valence-corrected chi connectivity index (χ3v) is 3.90. The van der Waals surface area contributed by atoms with Crippen LogP contribution in [0.5, 0.6) is 0 Å². The second-order valence-electron chi connectivity index (χ2n) is 5.07. The quantitative estimate of drug-likeness (QED) is 0.843. The number of nitrogens with zero attached hydrogens (tertiary/aromatic N) is 1. The van der Waals surface area contributed by atoms with E-state index in [-0.39, 0.29) is 5.92 Å². The summed E-state index contributed by atoms with van der Waals surface area (Å²) in [5.74, 6) is 0.260. The minimum absolute atomic E-state index is 0.260. The minimum Gasteiger partial charge on any atom is -0.344 e. The molecule has 2 heterocycles. The van der Waals surface area contributed by atoms with Gasteiger partial charge in [-0.25, -0.2) is 0 Å². The van der Waals surface area contributed by atoms with Crippen LogP contribution in [-0.4, -0.2) is 11.1 Å². The Labute approximate surface area is 109 Å². The lowest BCUT2D eigenvalue weighted by Gasteiger charge is -2.24. The van der Waals surface area contributed by atoms with Crippen molar-refractivity contribution < 1.29 is 13.2 Å². The lowest BCUT2D eigenvalue weighted by Crippen LogP contribution is -2.21. The Morgan fingerprint density at radius 1 is 1.26 bits per heavy atom. The average molecular weight is 268 g/mol. The normalized spacial score (nSPS) is 19.7. The van der Waals surface area contributed by atoms with Gasteiger partial charge in [-0.15, -0.1) is 0 Å². The smallest absolute Gasteiger partial charge is 0.344 e. The molecule has 0 spiro atoms. The molecule has 2 nitrogen and oxygen atoms in total. The van der Waals surface area contributed by atoms with E-state index in [2.05, 4.69) is 0 Å². The number of fused-ring (bicyclic) bond motifs is 3. The van der Waals surface area contributed by atoms with Gasteiger partial charge in [-0.3, -0.25) is 0 Å². The lowest BCUT2D eigenvalue weighted by molar-refractivity contribution is -0.137. The number of rotatable bonds is 1. The molecular formula is C14H15F3N2. The highest BCUT2D eigenvalue weighted by molar-refractivity contribution is 5.82. The summed E-state index contributed by atoms with van der Waals surface area (Å²) in [5, 5.41) is 0.864. The zero-order valence-electron chi connectivity index (χ0n) is 10.4. The summed E-state index contributed by atoms with van der Waals surface area (Å²) in [4.78, 5) is 0. The SMILES string of the molecule is NCC1CCCn2c1cc1ccc(C(F)(F)F)cc12. The van der Waals surface area contributed by atoms with Crippen molar-refractivity contribution in [3.63, 3.8) is 0 Å². The maximum Gasteiger partial charge on any atom is 0.416 e. The van der Waals surface area contributed by atoms with Crippen LogP contribution >= 0.6 is 0 Å². The molecule has 0 amide bonds. The predicted molar refractivity (Wildman–Crippen MR) is 68.0 cm³/mol. The summed E-state index contributed by atoms with van der Waals surface area (Å²) >= 11 is 0. The van der Waals surface area contributed by atoms with Gasteiger partial charge < -0.3 is 10.3 Å². The largest absolute Gasteiger partial charge is 0.416 e. The summed E-state index contributed by atoms with van der Waals surface area (Å²) in [5.41, 5.74) is 6.90. The van der Waals surface area contributed by atoms with Gasteiger partial charge in [0.1, 0.15) is 0 Å². The summed E-state index contributed by atoms with van der Waals surface area (Å²) < 4.78 is 40.3. The molecule has 1 unspecified atom stereocenters. The van der Waals surface area contributed by atoms with E-state index in [0.29, 0.717) is 12.1 Å². The van der Waals surface area contributed by atoms with Crippen molar-refractivity contribution in [1.82, 2.24) is 4.57 Å². The Kier molecular flexibility index (Phi) is 2.82. The molecule has 2 aromatic rings. The van der Waals surface area contributed by atoms with Crippen molar-refractivity contribution >= 4 is 10.9 Å². The maximum absolute atomic E-state index is 12.8. The highest BCUT2D eigenvalue weighted by Gasteiger charge is 2.31. The third-order valence-electron chi connectivity index (χ3n) is 3.90. The fraction of sp³-hybridized carbons (Fsp3) is 0.429. The van der Waals surface area contributed by atoms with E-state index in [0.717, 1.165) is 36.5 Å².